The standard InChI is InChI=1S/C22H23N3O2/c1-22(2,3)16-7-4-14(5-8-16)18(12-17-9-11-20(26)24-17)19-10-6-15(13-23)21(27)25-19/h4-8,10,12,17H,9,11H2,1-3H3,(H,24,26)(H,25,27)/t17-/m1/s1. The maximum Gasteiger partial charge on any atom is 0.266 e. The fourth-order valence-corrected chi connectivity index (χ4v) is 3.17. The topological polar surface area (TPSA) is 85.8 Å². The third-order valence-corrected chi connectivity index (χ3v) is 4.78. The van der Waals surface area contributed by atoms with Gasteiger partial charge in [-0.25, -0.2) is 0 Å². The summed E-state index contributed by atoms with van der Waals surface area (Å²) in [7, 11) is 0. The predicted molar refractivity (Wildman–Crippen MR) is 105 cm³/mol. The van der Waals surface area contributed by atoms with Crippen LogP contribution in [0.4, 0.5) is 0 Å². The van der Waals surface area contributed by atoms with Gasteiger partial charge in [0.15, 0.2) is 0 Å². The van der Waals surface area contributed by atoms with Crippen LogP contribution in [0.3, 0.4) is 0 Å². The van der Waals surface area contributed by atoms with E-state index in [9.17, 15) is 9.59 Å². The number of pyridine rings is 1. The SMILES string of the molecule is CC(C)(C)c1ccc(C(=C[C@H]2CCC(=O)N2)c2ccc(C#N)c(=O)[nH]2)cc1. The maximum atomic E-state index is 12.1. The highest BCUT2D eigenvalue weighted by atomic mass is 16.2. The molecule has 1 aliphatic heterocycles. The number of hydrogen-bond acceptors (Lipinski definition) is 3. The van der Waals surface area contributed by atoms with Gasteiger partial charge in [0.25, 0.3) is 5.56 Å². The maximum absolute atomic E-state index is 12.1. The van der Waals surface area contributed by atoms with Crippen LogP contribution in [0.15, 0.2) is 47.3 Å². The first-order chi connectivity index (χ1) is 12.8. The zero-order valence-corrected chi connectivity index (χ0v) is 15.8. The molecule has 1 fully saturated rings. The summed E-state index contributed by atoms with van der Waals surface area (Å²) < 4.78 is 0. The highest BCUT2D eigenvalue weighted by Crippen LogP contribution is 2.28. The van der Waals surface area contributed by atoms with Gasteiger partial charge in [0.1, 0.15) is 11.6 Å². The molecule has 0 unspecified atom stereocenters. The second-order valence-electron chi connectivity index (χ2n) is 7.85. The van der Waals surface area contributed by atoms with Crippen molar-refractivity contribution in [2.45, 2.75) is 45.1 Å². The van der Waals surface area contributed by atoms with Crippen LogP contribution in [0.2, 0.25) is 0 Å². The van der Waals surface area contributed by atoms with E-state index in [0.29, 0.717) is 12.1 Å². The molecule has 0 aliphatic carbocycles. The minimum absolute atomic E-state index is 0.0343. The highest BCUT2D eigenvalue weighted by molar-refractivity contribution is 5.82. The fraction of sp³-hybridized carbons (Fsp3) is 0.318. The van der Waals surface area contributed by atoms with E-state index in [4.69, 9.17) is 5.26 Å². The molecular weight excluding hydrogens is 338 g/mol. The zero-order valence-electron chi connectivity index (χ0n) is 15.8. The predicted octanol–water partition coefficient (Wildman–Crippen LogP) is 3.25. The molecule has 5 nitrogen and oxygen atoms in total. The number of benzene rings is 1. The molecule has 2 aromatic rings. The molecule has 1 atom stereocenters. The van der Waals surface area contributed by atoms with Gasteiger partial charge in [-0.2, -0.15) is 5.26 Å². The lowest BCUT2D eigenvalue weighted by molar-refractivity contribution is -0.119. The fourth-order valence-electron chi connectivity index (χ4n) is 3.17. The first kappa shape index (κ1) is 18.7. The van der Waals surface area contributed by atoms with E-state index in [1.54, 1.807) is 6.07 Å². The monoisotopic (exact) mass is 361 g/mol. The number of aromatic nitrogens is 1. The number of carbonyl (C=O) groups is 1. The Hall–Kier alpha value is -3.13. The summed E-state index contributed by atoms with van der Waals surface area (Å²) in [6.07, 6.45) is 3.21. The van der Waals surface area contributed by atoms with Gasteiger partial charge in [0.2, 0.25) is 5.91 Å². The van der Waals surface area contributed by atoms with E-state index in [2.05, 4.69) is 43.2 Å². The van der Waals surface area contributed by atoms with Crippen molar-refractivity contribution in [2.24, 2.45) is 0 Å². The third-order valence-electron chi connectivity index (χ3n) is 4.78. The molecule has 1 saturated heterocycles. The number of nitriles is 1. The molecule has 1 aromatic heterocycles. The largest absolute Gasteiger partial charge is 0.350 e. The molecule has 1 amide bonds. The van der Waals surface area contributed by atoms with Crippen LogP contribution in [-0.2, 0) is 10.2 Å². The van der Waals surface area contributed by atoms with Crippen molar-refractivity contribution < 1.29 is 4.79 Å². The van der Waals surface area contributed by atoms with Crippen LogP contribution in [0.5, 0.6) is 0 Å². The van der Waals surface area contributed by atoms with Crippen molar-refractivity contribution in [3.63, 3.8) is 0 Å². The van der Waals surface area contributed by atoms with Gasteiger partial charge in [-0.3, -0.25) is 9.59 Å². The number of rotatable bonds is 3. The Morgan fingerprint density at radius 1 is 1.15 bits per heavy atom. The average molecular weight is 361 g/mol. The van der Waals surface area contributed by atoms with Crippen LogP contribution in [0.1, 0.15) is 56.0 Å². The second-order valence-corrected chi connectivity index (χ2v) is 7.85. The summed E-state index contributed by atoms with van der Waals surface area (Å²) >= 11 is 0. The number of nitrogens with one attached hydrogen (secondary N) is 2. The van der Waals surface area contributed by atoms with Gasteiger partial charge in [0, 0.05) is 23.7 Å². The summed E-state index contributed by atoms with van der Waals surface area (Å²) in [4.78, 5) is 26.5. The first-order valence-corrected chi connectivity index (χ1v) is 9.04. The summed E-state index contributed by atoms with van der Waals surface area (Å²) in [6.45, 7) is 6.47. The molecule has 0 bridgehead atoms. The van der Waals surface area contributed by atoms with E-state index < -0.39 is 5.56 Å². The molecule has 138 valence electrons. The third kappa shape index (κ3) is 4.17. The number of carbonyl (C=O) groups excluding carboxylic acids is 1. The Morgan fingerprint density at radius 3 is 2.37 bits per heavy atom. The molecule has 0 spiro atoms. The minimum atomic E-state index is -0.414. The van der Waals surface area contributed by atoms with Crippen molar-refractivity contribution in [1.82, 2.24) is 10.3 Å². The van der Waals surface area contributed by atoms with Gasteiger partial charge in [-0.1, -0.05) is 51.1 Å². The Labute approximate surface area is 158 Å². The molecule has 0 radical (unpaired) electrons. The van der Waals surface area contributed by atoms with Gasteiger partial charge in [-0.05, 0) is 35.1 Å². The molecule has 5 heteroatoms. The van der Waals surface area contributed by atoms with Crippen LogP contribution in [0, 0.1) is 11.3 Å². The Kier molecular flexibility index (Phi) is 5.00. The van der Waals surface area contributed by atoms with Gasteiger partial charge < -0.3 is 10.3 Å². The normalized spacial score (nSPS) is 17.5. The molecule has 1 aromatic carbocycles. The lowest BCUT2D eigenvalue weighted by Gasteiger charge is -2.20. The van der Waals surface area contributed by atoms with E-state index >= 15 is 0 Å². The second kappa shape index (κ2) is 7.24. The van der Waals surface area contributed by atoms with Gasteiger partial charge in [0.05, 0.1) is 0 Å². The van der Waals surface area contributed by atoms with Crippen LogP contribution >= 0.6 is 0 Å². The smallest absolute Gasteiger partial charge is 0.266 e. The van der Waals surface area contributed by atoms with Crippen molar-refractivity contribution in [3.8, 4) is 6.07 Å². The summed E-state index contributed by atoms with van der Waals surface area (Å²) in [6, 6.07) is 13.3. The molecule has 0 saturated carbocycles. The zero-order chi connectivity index (χ0) is 19.6. The quantitative estimate of drug-likeness (QED) is 0.880. The minimum Gasteiger partial charge on any atom is -0.350 e. The lowest BCUT2D eigenvalue weighted by Crippen LogP contribution is -2.23. The van der Waals surface area contributed by atoms with Crippen LogP contribution < -0.4 is 10.9 Å². The van der Waals surface area contributed by atoms with Crippen molar-refractivity contribution in [3.05, 3.63) is 75.2 Å². The van der Waals surface area contributed by atoms with Crippen LogP contribution in [-0.4, -0.2) is 16.9 Å². The van der Waals surface area contributed by atoms with Crippen molar-refractivity contribution >= 4 is 11.5 Å². The molecule has 2 heterocycles. The molecular formula is C22H23N3O2. The van der Waals surface area contributed by atoms with E-state index in [1.807, 2.05) is 24.3 Å². The van der Waals surface area contributed by atoms with Gasteiger partial charge >= 0.3 is 0 Å². The van der Waals surface area contributed by atoms with E-state index in [0.717, 1.165) is 17.6 Å². The number of aromatic amines is 1. The lowest BCUT2D eigenvalue weighted by atomic mass is 9.86. The highest BCUT2D eigenvalue weighted by Gasteiger charge is 2.21. The number of H-pyrrole nitrogens is 1. The van der Waals surface area contributed by atoms with E-state index in [1.165, 1.54) is 11.6 Å². The number of amides is 1. The number of hydrogen-bond donors (Lipinski definition) is 2. The molecule has 1 aliphatic rings. The van der Waals surface area contributed by atoms with Crippen molar-refractivity contribution in [1.29, 1.82) is 5.26 Å². The summed E-state index contributed by atoms with van der Waals surface area (Å²) in [5, 5.41) is 11.9. The Morgan fingerprint density at radius 2 is 1.85 bits per heavy atom. The van der Waals surface area contributed by atoms with Gasteiger partial charge in [-0.15, -0.1) is 0 Å². The van der Waals surface area contributed by atoms with Crippen LogP contribution in [0.25, 0.3) is 5.57 Å². The first-order valence-electron chi connectivity index (χ1n) is 9.04. The summed E-state index contributed by atoms with van der Waals surface area (Å²) in [5.41, 5.74) is 3.34. The van der Waals surface area contributed by atoms with E-state index in [-0.39, 0.29) is 22.9 Å². The summed E-state index contributed by atoms with van der Waals surface area (Å²) in [5.74, 6) is 0.0343. The Balaban J connectivity index is 2.06. The van der Waals surface area contributed by atoms with Crippen molar-refractivity contribution in [2.75, 3.05) is 0 Å². The molecule has 27 heavy (non-hydrogen) atoms. The molecule has 3 rings (SSSR count). The Bertz CT molecular complexity index is 986. The average Bonchev–Trinajstić information content (AvgIpc) is 3.04. The molecule has 2 N–H and O–H groups in total. The number of nitrogens with zero attached hydrogens (tertiary/aromatic N) is 1.